The molecule has 0 aromatic rings. The SMILES string of the molecule is OCC(CO)COCC=CCOCC(CO)CO. The minimum absolute atomic E-state index is 0.0902. The second-order valence-electron chi connectivity index (χ2n) is 4.01. The number of rotatable bonds is 12. The fourth-order valence-electron chi connectivity index (χ4n) is 1.07. The molecule has 0 saturated heterocycles. The highest BCUT2D eigenvalue weighted by Crippen LogP contribution is 1.96. The van der Waals surface area contributed by atoms with Crippen molar-refractivity contribution < 1.29 is 29.9 Å². The van der Waals surface area contributed by atoms with Crippen molar-refractivity contribution in [1.29, 1.82) is 0 Å². The van der Waals surface area contributed by atoms with Crippen LogP contribution in [0.25, 0.3) is 0 Å². The van der Waals surface area contributed by atoms with Gasteiger partial charge in [-0.25, -0.2) is 0 Å². The Balaban J connectivity index is 3.38. The van der Waals surface area contributed by atoms with E-state index >= 15 is 0 Å². The van der Waals surface area contributed by atoms with Gasteiger partial charge in [0.25, 0.3) is 0 Å². The highest BCUT2D eigenvalue weighted by Gasteiger charge is 2.05. The van der Waals surface area contributed by atoms with E-state index in [0.717, 1.165) is 0 Å². The van der Waals surface area contributed by atoms with E-state index in [1.54, 1.807) is 12.2 Å². The van der Waals surface area contributed by atoms with Gasteiger partial charge in [0.05, 0.1) is 52.9 Å². The third kappa shape index (κ3) is 9.52. The Labute approximate surface area is 107 Å². The molecule has 0 rings (SSSR count). The van der Waals surface area contributed by atoms with E-state index in [0.29, 0.717) is 26.4 Å². The molecule has 0 radical (unpaired) electrons. The van der Waals surface area contributed by atoms with Gasteiger partial charge >= 0.3 is 0 Å². The Kier molecular flexibility index (Phi) is 12.6. The van der Waals surface area contributed by atoms with Crippen molar-refractivity contribution in [2.24, 2.45) is 11.8 Å². The maximum atomic E-state index is 8.78. The summed E-state index contributed by atoms with van der Waals surface area (Å²) < 4.78 is 10.4. The van der Waals surface area contributed by atoms with Crippen LogP contribution >= 0.6 is 0 Å². The van der Waals surface area contributed by atoms with Gasteiger partial charge in [-0.05, 0) is 0 Å². The minimum atomic E-state index is -0.232. The Morgan fingerprint density at radius 3 is 1.28 bits per heavy atom. The topological polar surface area (TPSA) is 99.4 Å². The average Bonchev–Trinajstić information content (AvgIpc) is 2.41. The number of aliphatic hydroxyl groups excluding tert-OH is 4. The van der Waals surface area contributed by atoms with E-state index in [4.69, 9.17) is 29.9 Å². The van der Waals surface area contributed by atoms with Crippen LogP contribution in [0.4, 0.5) is 0 Å². The van der Waals surface area contributed by atoms with Crippen LogP contribution in [-0.2, 0) is 9.47 Å². The second-order valence-corrected chi connectivity index (χ2v) is 4.01. The first-order valence-electron chi connectivity index (χ1n) is 6.02. The van der Waals surface area contributed by atoms with Gasteiger partial charge in [-0.15, -0.1) is 0 Å². The molecule has 6 nitrogen and oxygen atoms in total. The molecule has 0 heterocycles. The summed E-state index contributed by atoms with van der Waals surface area (Å²) in [5.41, 5.74) is 0. The lowest BCUT2D eigenvalue weighted by atomic mass is 10.2. The largest absolute Gasteiger partial charge is 0.396 e. The zero-order chi connectivity index (χ0) is 13.6. The maximum absolute atomic E-state index is 8.78. The lowest BCUT2D eigenvalue weighted by molar-refractivity contribution is 0.0533. The summed E-state index contributed by atoms with van der Waals surface area (Å²) in [7, 11) is 0. The quantitative estimate of drug-likeness (QED) is 0.260. The molecule has 0 spiro atoms. The van der Waals surface area contributed by atoms with Crippen molar-refractivity contribution >= 4 is 0 Å². The Morgan fingerprint density at radius 2 is 1.00 bits per heavy atom. The molecule has 0 unspecified atom stereocenters. The van der Waals surface area contributed by atoms with Gasteiger partial charge in [-0.3, -0.25) is 0 Å². The van der Waals surface area contributed by atoms with E-state index in [-0.39, 0.29) is 38.3 Å². The normalized spacial score (nSPS) is 12.1. The predicted octanol–water partition coefficient (Wildman–Crippen LogP) is -1.22. The lowest BCUT2D eigenvalue weighted by Crippen LogP contribution is -2.18. The number of hydrogen-bond donors (Lipinski definition) is 4. The van der Waals surface area contributed by atoms with Crippen LogP contribution in [0.1, 0.15) is 0 Å². The van der Waals surface area contributed by atoms with Crippen molar-refractivity contribution in [2.75, 3.05) is 52.9 Å². The number of ether oxygens (including phenoxy) is 2. The van der Waals surface area contributed by atoms with Gasteiger partial charge < -0.3 is 29.9 Å². The van der Waals surface area contributed by atoms with Crippen LogP contribution in [0.2, 0.25) is 0 Å². The van der Waals surface area contributed by atoms with Gasteiger partial charge in [0, 0.05) is 11.8 Å². The van der Waals surface area contributed by atoms with Crippen LogP contribution in [-0.4, -0.2) is 73.3 Å². The van der Waals surface area contributed by atoms with E-state index in [9.17, 15) is 0 Å². The molecular formula is C12H24O6. The second kappa shape index (κ2) is 12.9. The summed E-state index contributed by atoms with van der Waals surface area (Å²) in [6.07, 6.45) is 3.55. The van der Waals surface area contributed by atoms with Crippen LogP contribution < -0.4 is 0 Å². The van der Waals surface area contributed by atoms with Gasteiger partial charge in [0.1, 0.15) is 0 Å². The highest BCUT2D eigenvalue weighted by atomic mass is 16.5. The molecule has 0 aliphatic heterocycles. The highest BCUT2D eigenvalue weighted by molar-refractivity contribution is 4.81. The minimum Gasteiger partial charge on any atom is -0.396 e. The van der Waals surface area contributed by atoms with Crippen LogP contribution in [0.5, 0.6) is 0 Å². The first-order chi connectivity index (χ1) is 8.78. The zero-order valence-electron chi connectivity index (χ0n) is 10.6. The first kappa shape index (κ1) is 17.5. The molecule has 0 aliphatic rings. The van der Waals surface area contributed by atoms with E-state index in [1.807, 2.05) is 0 Å². The van der Waals surface area contributed by atoms with Crippen molar-refractivity contribution in [3.63, 3.8) is 0 Å². The fourth-order valence-corrected chi connectivity index (χ4v) is 1.07. The van der Waals surface area contributed by atoms with E-state index in [1.165, 1.54) is 0 Å². The number of aliphatic hydroxyl groups is 4. The molecule has 0 saturated carbocycles. The molecule has 0 aliphatic carbocycles. The number of hydrogen-bond acceptors (Lipinski definition) is 6. The van der Waals surface area contributed by atoms with Crippen LogP contribution in [0.3, 0.4) is 0 Å². The molecule has 18 heavy (non-hydrogen) atoms. The molecular weight excluding hydrogens is 240 g/mol. The third-order valence-electron chi connectivity index (χ3n) is 2.33. The Bertz CT molecular complexity index is 169. The maximum Gasteiger partial charge on any atom is 0.0648 e. The summed E-state index contributed by atoms with van der Waals surface area (Å²) >= 11 is 0. The van der Waals surface area contributed by atoms with Crippen LogP contribution in [0.15, 0.2) is 12.2 Å². The Morgan fingerprint density at radius 1 is 0.667 bits per heavy atom. The Hall–Kier alpha value is -0.500. The summed E-state index contributed by atoms with van der Waals surface area (Å²) in [5, 5.41) is 35.1. The summed E-state index contributed by atoms with van der Waals surface area (Å²) in [5.74, 6) is -0.464. The first-order valence-corrected chi connectivity index (χ1v) is 6.02. The van der Waals surface area contributed by atoms with Crippen molar-refractivity contribution in [1.82, 2.24) is 0 Å². The van der Waals surface area contributed by atoms with Crippen molar-refractivity contribution in [2.45, 2.75) is 0 Å². The van der Waals surface area contributed by atoms with Crippen molar-refractivity contribution in [3.8, 4) is 0 Å². The van der Waals surface area contributed by atoms with Crippen molar-refractivity contribution in [3.05, 3.63) is 12.2 Å². The van der Waals surface area contributed by atoms with E-state index in [2.05, 4.69) is 0 Å². The summed E-state index contributed by atoms with van der Waals surface area (Å²) in [6, 6.07) is 0. The predicted molar refractivity (Wildman–Crippen MR) is 66.1 cm³/mol. The third-order valence-corrected chi connectivity index (χ3v) is 2.33. The standard InChI is InChI=1S/C12H24O6/c13-5-11(6-14)9-17-3-1-2-4-18-10-12(7-15)8-16/h1-2,11-16H,3-10H2. The molecule has 0 fully saturated rings. The molecule has 6 heteroatoms. The zero-order valence-corrected chi connectivity index (χ0v) is 10.6. The average molecular weight is 264 g/mol. The van der Waals surface area contributed by atoms with Gasteiger partial charge in [0.2, 0.25) is 0 Å². The summed E-state index contributed by atoms with van der Waals surface area (Å²) in [4.78, 5) is 0. The van der Waals surface area contributed by atoms with Gasteiger partial charge in [-0.1, -0.05) is 12.2 Å². The molecule has 0 atom stereocenters. The van der Waals surface area contributed by atoms with Gasteiger partial charge in [0.15, 0.2) is 0 Å². The van der Waals surface area contributed by atoms with Gasteiger partial charge in [-0.2, -0.15) is 0 Å². The summed E-state index contributed by atoms with van der Waals surface area (Å²) in [6.45, 7) is 1.05. The molecule has 0 aromatic carbocycles. The molecule has 4 N–H and O–H groups in total. The molecule has 0 bridgehead atoms. The smallest absolute Gasteiger partial charge is 0.0648 e. The molecule has 108 valence electrons. The lowest BCUT2D eigenvalue weighted by Gasteiger charge is -2.10. The van der Waals surface area contributed by atoms with E-state index < -0.39 is 0 Å². The fraction of sp³-hybridized carbons (Fsp3) is 0.833. The molecule has 0 amide bonds. The monoisotopic (exact) mass is 264 g/mol. The molecule has 0 aromatic heterocycles. The van der Waals surface area contributed by atoms with Crippen LogP contribution in [0, 0.1) is 11.8 Å².